The van der Waals surface area contributed by atoms with Gasteiger partial charge in [0.1, 0.15) is 12.1 Å². The summed E-state index contributed by atoms with van der Waals surface area (Å²) in [6.07, 6.45) is 4.09. The zero-order valence-electron chi connectivity index (χ0n) is 15.2. The number of imidazole rings is 1. The van der Waals surface area contributed by atoms with E-state index in [-0.39, 0.29) is 19.3 Å². The molecule has 0 unspecified atom stereocenters. The SMILES string of the molecule is C[C@H](NC(=O)[C@@H](N)Cc1c[nH]cn1)C(=O)N[C@@H](CCC(=O)O)C(=O)NC[C]=O. The summed E-state index contributed by atoms with van der Waals surface area (Å²) in [6, 6.07) is -3.16. The lowest BCUT2D eigenvalue weighted by atomic mass is 10.1. The first-order chi connectivity index (χ1) is 13.2. The van der Waals surface area contributed by atoms with Gasteiger partial charge in [0.25, 0.3) is 0 Å². The molecule has 1 rings (SSSR count). The molecule has 0 spiro atoms. The van der Waals surface area contributed by atoms with Gasteiger partial charge in [0.15, 0.2) is 0 Å². The van der Waals surface area contributed by atoms with Crippen molar-refractivity contribution in [2.24, 2.45) is 5.73 Å². The predicted octanol–water partition coefficient (Wildman–Crippen LogP) is -2.64. The highest BCUT2D eigenvalue weighted by Crippen LogP contribution is 2.01. The van der Waals surface area contributed by atoms with Gasteiger partial charge in [0, 0.05) is 19.0 Å². The van der Waals surface area contributed by atoms with Crippen LogP contribution in [0.25, 0.3) is 0 Å². The fraction of sp³-hybridized carbons (Fsp3) is 0.500. The Kier molecular flexibility index (Phi) is 9.30. The van der Waals surface area contributed by atoms with Crippen molar-refractivity contribution in [2.45, 2.75) is 44.3 Å². The molecule has 1 aromatic heterocycles. The minimum absolute atomic E-state index is 0.162. The largest absolute Gasteiger partial charge is 0.481 e. The van der Waals surface area contributed by atoms with Crippen LogP contribution in [0.5, 0.6) is 0 Å². The average molecular weight is 395 g/mol. The summed E-state index contributed by atoms with van der Waals surface area (Å²) < 4.78 is 0. The van der Waals surface area contributed by atoms with Gasteiger partial charge in [-0.25, -0.2) is 4.98 Å². The maximum atomic E-state index is 12.3. The zero-order valence-corrected chi connectivity index (χ0v) is 15.2. The van der Waals surface area contributed by atoms with Gasteiger partial charge in [-0.2, -0.15) is 0 Å². The molecule has 7 N–H and O–H groups in total. The van der Waals surface area contributed by atoms with Crippen LogP contribution in [0.2, 0.25) is 0 Å². The molecule has 0 saturated carbocycles. The fourth-order valence-electron chi connectivity index (χ4n) is 2.19. The number of nitrogens with one attached hydrogen (secondary N) is 4. The van der Waals surface area contributed by atoms with Gasteiger partial charge >= 0.3 is 5.97 Å². The maximum Gasteiger partial charge on any atom is 0.303 e. The van der Waals surface area contributed by atoms with E-state index in [1.807, 2.05) is 0 Å². The Balaban J connectivity index is 2.61. The van der Waals surface area contributed by atoms with Crippen LogP contribution in [0, 0.1) is 0 Å². The number of aromatic nitrogens is 2. The van der Waals surface area contributed by atoms with E-state index >= 15 is 0 Å². The molecule has 0 fully saturated rings. The quantitative estimate of drug-likeness (QED) is 0.221. The Morgan fingerprint density at radius 1 is 1.25 bits per heavy atom. The van der Waals surface area contributed by atoms with Crippen molar-refractivity contribution in [3.8, 4) is 0 Å². The lowest BCUT2D eigenvalue weighted by Gasteiger charge is -2.21. The highest BCUT2D eigenvalue weighted by molar-refractivity contribution is 5.93. The van der Waals surface area contributed by atoms with Crippen LogP contribution in [0.1, 0.15) is 25.5 Å². The maximum absolute atomic E-state index is 12.3. The molecular formula is C16H23N6O6. The van der Waals surface area contributed by atoms with E-state index in [1.165, 1.54) is 19.5 Å². The summed E-state index contributed by atoms with van der Waals surface area (Å²) in [4.78, 5) is 64.0. The Morgan fingerprint density at radius 3 is 2.54 bits per heavy atom. The van der Waals surface area contributed by atoms with Crippen molar-refractivity contribution in [2.75, 3.05) is 6.54 Å². The minimum atomic E-state index is -1.19. The van der Waals surface area contributed by atoms with Gasteiger partial charge < -0.3 is 31.8 Å². The molecule has 0 saturated heterocycles. The number of rotatable bonds is 12. The summed E-state index contributed by atoms with van der Waals surface area (Å²) in [7, 11) is 0. The third-order valence-electron chi connectivity index (χ3n) is 3.69. The highest BCUT2D eigenvalue weighted by atomic mass is 16.4. The van der Waals surface area contributed by atoms with Crippen molar-refractivity contribution in [3.63, 3.8) is 0 Å². The van der Waals surface area contributed by atoms with Gasteiger partial charge in [-0.3, -0.25) is 24.0 Å². The van der Waals surface area contributed by atoms with Crippen molar-refractivity contribution in [1.29, 1.82) is 0 Å². The number of hydrogen-bond donors (Lipinski definition) is 6. The summed E-state index contributed by atoms with van der Waals surface area (Å²) in [5, 5.41) is 15.7. The van der Waals surface area contributed by atoms with E-state index in [2.05, 4.69) is 25.9 Å². The summed E-state index contributed by atoms with van der Waals surface area (Å²) in [5.74, 6) is -3.18. The fourth-order valence-corrected chi connectivity index (χ4v) is 2.19. The number of nitrogens with zero attached hydrogens (tertiary/aromatic N) is 1. The van der Waals surface area contributed by atoms with Crippen LogP contribution in [0.4, 0.5) is 0 Å². The number of aromatic amines is 1. The van der Waals surface area contributed by atoms with Crippen LogP contribution in [0.15, 0.2) is 12.5 Å². The van der Waals surface area contributed by atoms with E-state index in [1.54, 1.807) is 6.20 Å². The van der Waals surface area contributed by atoms with Crippen molar-refractivity contribution < 1.29 is 29.1 Å². The molecule has 12 nitrogen and oxygen atoms in total. The van der Waals surface area contributed by atoms with Crippen molar-refractivity contribution in [3.05, 3.63) is 18.2 Å². The topological polar surface area (TPSA) is 196 Å². The number of nitrogens with two attached hydrogens (primary N) is 1. The van der Waals surface area contributed by atoms with E-state index in [9.17, 15) is 24.0 Å². The van der Waals surface area contributed by atoms with Crippen molar-refractivity contribution >= 4 is 30.0 Å². The summed E-state index contributed by atoms with van der Waals surface area (Å²) >= 11 is 0. The van der Waals surface area contributed by atoms with Crippen LogP contribution in [-0.4, -0.2) is 69.7 Å². The van der Waals surface area contributed by atoms with Gasteiger partial charge in [-0.05, 0) is 13.3 Å². The van der Waals surface area contributed by atoms with Gasteiger partial charge in [0.2, 0.25) is 24.0 Å². The van der Waals surface area contributed by atoms with Crippen LogP contribution >= 0.6 is 0 Å². The Labute approximate surface area is 160 Å². The molecule has 1 radical (unpaired) electrons. The number of H-pyrrole nitrogens is 1. The molecule has 12 heteroatoms. The first-order valence-corrected chi connectivity index (χ1v) is 8.43. The molecule has 153 valence electrons. The monoisotopic (exact) mass is 395 g/mol. The number of aliphatic carboxylic acids is 1. The highest BCUT2D eigenvalue weighted by Gasteiger charge is 2.26. The smallest absolute Gasteiger partial charge is 0.303 e. The second kappa shape index (κ2) is 11.4. The van der Waals surface area contributed by atoms with Crippen LogP contribution in [0.3, 0.4) is 0 Å². The van der Waals surface area contributed by atoms with Gasteiger partial charge in [0.05, 0.1) is 24.6 Å². The minimum Gasteiger partial charge on any atom is -0.481 e. The Bertz CT molecular complexity index is 692. The molecule has 0 bridgehead atoms. The number of carbonyl (C=O) groups is 4. The number of carboxylic acids is 1. The normalized spacial score (nSPS) is 13.6. The third-order valence-corrected chi connectivity index (χ3v) is 3.69. The molecule has 3 atom stereocenters. The van der Waals surface area contributed by atoms with E-state index < -0.39 is 48.4 Å². The Hall–Kier alpha value is -3.28. The standard InChI is InChI=1S/C16H23N6O6/c1-9(21-15(27)11(17)6-10-7-18-8-20-10)14(26)22-12(2-3-13(24)25)16(28)19-4-5-23/h7-9,11-12H,2-4,6,17H2,1H3,(H,18,20)(H,19,28)(H,21,27)(H,22,26)(H,24,25)/t9-,11-,12-/m0/s1. The Morgan fingerprint density at radius 2 is 1.96 bits per heavy atom. The molecule has 0 aliphatic rings. The molecule has 0 aromatic carbocycles. The third kappa shape index (κ3) is 7.95. The molecular weight excluding hydrogens is 372 g/mol. The summed E-state index contributed by atoms with van der Waals surface area (Å²) in [6.45, 7) is 0.993. The number of carboxylic acid groups (broad SMARTS) is 1. The lowest BCUT2D eigenvalue weighted by Crippen LogP contribution is -2.55. The second-order valence-corrected chi connectivity index (χ2v) is 5.96. The number of amides is 3. The average Bonchev–Trinajstić information content (AvgIpc) is 3.15. The first kappa shape index (κ1) is 22.8. The van der Waals surface area contributed by atoms with E-state index in [0.717, 1.165) is 0 Å². The van der Waals surface area contributed by atoms with Crippen LogP contribution in [-0.2, 0) is 30.4 Å². The predicted molar refractivity (Wildman–Crippen MR) is 95.4 cm³/mol. The van der Waals surface area contributed by atoms with E-state index in [0.29, 0.717) is 5.69 Å². The van der Waals surface area contributed by atoms with Gasteiger partial charge in [-0.1, -0.05) is 0 Å². The second-order valence-electron chi connectivity index (χ2n) is 5.96. The lowest BCUT2D eigenvalue weighted by molar-refractivity contribution is -0.138. The molecule has 0 aliphatic heterocycles. The molecule has 0 aliphatic carbocycles. The number of carbonyl (C=O) groups excluding carboxylic acids is 4. The van der Waals surface area contributed by atoms with Crippen LogP contribution < -0.4 is 21.7 Å². The molecule has 1 heterocycles. The molecule has 1 aromatic rings. The zero-order chi connectivity index (χ0) is 21.1. The molecule has 28 heavy (non-hydrogen) atoms. The van der Waals surface area contributed by atoms with Gasteiger partial charge in [-0.15, -0.1) is 0 Å². The molecule has 3 amide bonds. The van der Waals surface area contributed by atoms with E-state index in [4.69, 9.17) is 10.8 Å². The first-order valence-electron chi connectivity index (χ1n) is 8.43. The number of hydrogen-bond acceptors (Lipinski definition) is 7. The van der Waals surface area contributed by atoms with Crippen molar-refractivity contribution in [1.82, 2.24) is 25.9 Å². The summed E-state index contributed by atoms with van der Waals surface area (Å²) in [5.41, 5.74) is 6.36.